The Hall–Kier alpha value is -0.370. The highest BCUT2D eigenvalue weighted by atomic mass is 16.3. The Kier molecular flexibility index (Phi) is 1.99. The molecule has 0 amide bonds. The van der Waals surface area contributed by atoms with E-state index >= 15 is 0 Å². The predicted molar refractivity (Wildman–Crippen MR) is 50.4 cm³/mol. The van der Waals surface area contributed by atoms with Crippen LogP contribution in [0.4, 0.5) is 0 Å². The Morgan fingerprint density at radius 2 is 1.92 bits per heavy atom. The standard InChI is InChI=1S/C11H18O2/c1-10-5-2-3-6-11(10,13)8-9(12)4-7-10/h13H,2-8H2,1H3. The lowest BCUT2D eigenvalue weighted by Crippen LogP contribution is -2.53. The summed E-state index contributed by atoms with van der Waals surface area (Å²) in [5.41, 5.74) is -0.639. The van der Waals surface area contributed by atoms with Crippen LogP contribution in [0.2, 0.25) is 0 Å². The highest BCUT2D eigenvalue weighted by Gasteiger charge is 2.51. The van der Waals surface area contributed by atoms with Gasteiger partial charge in [0.25, 0.3) is 0 Å². The van der Waals surface area contributed by atoms with E-state index in [1.165, 1.54) is 6.42 Å². The molecule has 2 rings (SSSR count). The van der Waals surface area contributed by atoms with E-state index in [1.54, 1.807) is 0 Å². The first-order chi connectivity index (χ1) is 6.06. The molecule has 2 aliphatic carbocycles. The highest BCUT2D eigenvalue weighted by Crippen LogP contribution is 2.51. The summed E-state index contributed by atoms with van der Waals surface area (Å²) in [5.74, 6) is 0.252. The monoisotopic (exact) mass is 182 g/mol. The van der Waals surface area contributed by atoms with Gasteiger partial charge in [0.05, 0.1) is 5.60 Å². The zero-order valence-corrected chi connectivity index (χ0v) is 8.31. The van der Waals surface area contributed by atoms with Crippen molar-refractivity contribution >= 4 is 5.78 Å². The van der Waals surface area contributed by atoms with E-state index in [0.717, 1.165) is 25.7 Å². The van der Waals surface area contributed by atoms with Gasteiger partial charge in [-0.15, -0.1) is 0 Å². The largest absolute Gasteiger partial charge is 0.389 e. The van der Waals surface area contributed by atoms with Crippen molar-refractivity contribution in [2.24, 2.45) is 5.41 Å². The highest BCUT2D eigenvalue weighted by molar-refractivity contribution is 5.80. The molecule has 0 aromatic heterocycles. The molecule has 0 saturated heterocycles. The van der Waals surface area contributed by atoms with Gasteiger partial charge >= 0.3 is 0 Å². The van der Waals surface area contributed by atoms with Crippen molar-refractivity contribution in [2.45, 2.75) is 57.5 Å². The Morgan fingerprint density at radius 3 is 2.69 bits per heavy atom. The summed E-state index contributed by atoms with van der Waals surface area (Å²) in [6, 6.07) is 0. The molecule has 0 bridgehead atoms. The van der Waals surface area contributed by atoms with E-state index < -0.39 is 5.60 Å². The van der Waals surface area contributed by atoms with Crippen LogP contribution < -0.4 is 0 Å². The lowest BCUT2D eigenvalue weighted by molar-refractivity contribution is -0.155. The minimum Gasteiger partial charge on any atom is -0.389 e. The third kappa shape index (κ3) is 1.32. The zero-order valence-electron chi connectivity index (χ0n) is 8.31. The SMILES string of the molecule is CC12CCCCC1(O)CC(=O)CC2. The molecule has 0 aromatic carbocycles. The maximum absolute atomic E-state index is 11.3. The van der Waals surface area contributed by atoms with Crippen molar-refractivity contribution < 1.29 is 9.90 Å². The van der Waals surface area contributed by atoms with E-state index in [4.69, 9.17) is 0 Å². The van der Waals surface area contributed by atoms with E-state index in [1.807, 2.05) is 0 Å². The minimum absolute atomic E-state index is 0.0269. The van der Waals surface area contributed by atoms with Crippen LogP contribution in [0.15, 0.2) is 0 Å². The van der Waals surface area contributed by atoms with Crippen LogP contribution in [0.5, 0.6) is 0 Å². The van der Waals surface area contributed by atoms with Crippen LogP contribution in [-0.2, 0) is 4.79 Å². The molecular formula is C11H18O2. The van der Waals surface area contributed by atoms with E-state index in [2.05, 4.69) is 6.92 Å². The first-order valence-corrected chi connectivity index (χ1v) is 5.30. The Bertz CT molecular complexity index is 236. The van der Waals surface area contributed by atoms with Gasteiger partial charge in [-0.05, 0) is 24.7 Å². The minimum atomic E-state index is -0.666. The van der Waals surface area contributed by atoms with Crippen molar-refractivity contribution in [2.75, 3.05) is 0 Å². The number of Topliss-reactive ketones (excluding diaryl/α,β-unsaturated/α-hetero) is 1. The molecule has 2 aliphatic rings. The maximum Gasteiger partial charge on any atom is 0.135 e. The van der Waals surface area contributed by atoms with E-state index in [-0.39, 0.29) is 11.2 Å². The van der Waals surface area contributed by atoms with Gasteiger partial charge in [0.2, 0.25) is 0 Å². The fourth-order valence-electron chi connectivity index (χ4n) is 2.96. The van der Waals surface area contributed by atoms with Crippen LogP contribution >= 0.6 is 0 Å². The second kappa shape index (κ2) is 2.81. The molecule has 2 atom stereocenters. The number of fused-ring (bicyclic) bond motifs is 1. The smallest absolute Gasteiger partial charge is 0.135 e. The number of rotatable bonds is 0. The summed E-state index contributed by atoms with van der Waals surface area (Å²) in [7, 11) is 0. The Morgan fingerprint density at radius 1 is 1.23 bits per heavy atom. The van der Waals surface area contributed by atoms with E-state index in [0.29, 0.717) is 12.8 Å². The quantitative estimate of drug-likeness (QED) is 0.622. The maximum atomic E-state index is 11.3. The number of ketones is 1. The number of hydrogen-bond acceptors (Lipinski definition) is 2. The zero-order chi connectivity index (χ0) is 9.53. The summed E-state index contributed by atoms with van der Waals surface area (Å²) in [5, 5.41) is 10.4. The average Bonchev–Trinajstić information content (AvgIpc) is 2.07. The van der Waals surface area contributed by atoms with Gasteiger partial charge in [-0.3, -0.25) is 4.79 Å². The van der Waals surface area contributed by atoms with Gasteiger partial charge in [0, 0.05) is 12.8 Å². The number of aliphatic hydroxyl groups is 1. The number of hydrogen-bond donors (Lipinski definition) is 1. The Balaban J connectivity index is 2.25. The van der Waals surface area contributed by atoms with Gasteiger partial charge < -0.3 is 5.11 Å². The van der Waals surface area contributed by atoms with Gasteiger partial charge in [-0.1, -0.05) is 19.8 Å². The molecule has 0 spiro atoms. The molecule has 2 fully saturated rings. The van der Waals surface area contributed by atoms with Crippen LogP contribution in [0.1, 0.15) is 51.9 Å². The second-order valence-corrected chi connectivity index (χ2v) is 5.01. The van der Waals surface area contributed by atoms with Crippen LogP contribution in [0.25, 0.3) is 0 Å². The van der Waals surface area contributed by atoms with Crippen molar-refractivity contribution in [1.29, 1.82) is 0 Å². The molecule has 2 saturated carbocycles. The summed E-state index contributed by atoms with van der Waals surface area (Å²) in [6.07, 6.45) is 6.20. The lowest BCUT2D eigenvalue weighted by atomic mass is 9.57. The van der Waals surface area contributed by atoms with Crippen molar-refractivity contribution in [3.63, 3.8) is 0 Å². The summed E-state index contributed by atoms with van der Waals surface area (Å²) < 4.78 is 0. The van der Waals surface area contributed by atoms with Gasteiger partial charge in [-0.25, -0.2) is 0 Å². The van der Waals surface area contributed by atoms with Crippen LogP contribution in [0, 0.1) is 5.41 Å². The molecule has 0 radical (unpaired) electrons. The van der Waals surface area contributed by atoms with Gasteiger partial charge in [0.15, 0.2) is 0 Å². The molecule has 0 heterocycles. The van der Waals surface area contributed by atoms with Crippen molar-refractivity contribution in [1.82, 2.24) is 0 Å². The van der Waals surface area contributed by atoms with Crippen LogP contribution in [0.3, 0.4) is 0 Å². The number of carbonyl (C=O) groups is 1. The first kappa shape index (κ1) is 9.20. The molecule has 2 unspecified atom stereocenters. The summed E-state index contributed by atoms with van der Waals surface area (Å²) in [4.78, 5) is 11.3. The summed E-state index contributed by atoms with van der Waals surface area (Å²) in [6.45, 7) is 2.15. The predicted octanol–water partition coefficient (Wildman–Crippen LogP) is 2.05. The number of carbonyl (C=O) groups excluding carboxylic acids is 1. The molecule has 13 heavy (non-hydrogen) atoms. The lowest BCUT2D eigenvalue weighted by Gasteiger charge is -2.51. The van der Waals surface area contributed by atoms with Crippen molar-refractivity contribution in [3.05, 3.63) is 0 Å². The molecular weight excluding hydrogens is 164 g/mol. The van der Waals surface area contributed by atoms with E-state index in [9.17, 15) is 9.90 Å². The molecule has 1 N–H and O–H groups in total. The second-order valence-electron chi connectivity index (χ2n) is 5.01. The topological polar surface area (TPSA) is 37.3 Å². The van der Waals surface area contributed by atoms with Gasteiger partial charge in [-0.2, -0.15) is 0 Å². The third-order valence-corrected chi connectivity index (χ3v) is 4.14. The third-order valence-electron chi connectivity index (χ3n) is 4.14. The molecule has 0 aromatic rings. The van der Waals surface area contributed by atoms with Crippen LogP contribution in [-0.4, -0.2) is 16.5 Å². The first-order valence-electron chi connectivity index (χ1n) is 5.30. The van der Waals surface area contributed by atoms with Crippen molar-refractivity contribution in [3.8, 4) is 0 Å². The Labute approximate surface area is 79.3 Å². The fraction of sp³-hybridized carbons (Fsp3) is 0.909. The molecule has 2 nitrogen and oxygen atoms in total. The fourth-order valence-corrected chi connectivity index (χ4v) is 2.96. The van der Waals surface area contributed by atoms with Gasteiger partial charge in [0.1, 0.15) is 5.78 Å². The normalized spacial score (nSPS) is 45.8. The summed E-state index contributed by atoms with van der Waals surface area (Å²) >= 11 is 0. The molecule has 2 heteroatoms. The average molecular weight is 182 g/mol. The molecule has 74 valence electrons. The molecule has 0 aliphatic heterocycles.